The van der Waals surface area contributed by atoms with Crippen molar-refractivity contribution < 1.29 is 15.1 Å². The fourth-order valence-corrected chi connectivity index (χ4v) is 1.44. The van der Waals surface area contributed by atoms with Gasteiger partial charge in [-0.05, 0) is 6.42 Å². The number of nitro groups is 1. The van der Waals surface area contributed by atoms with E-state index in [1.807, 2.05) is 0 Å². The van der Waals surface area contributed by atoms with Crippen LogP contribution in [0.1, 0.15) is 13.3 Å². The fourth-order valence-electron chi connectivity index (χ4n) is 1.44. The van der Waals surface area contributed by atoms with Gasteiger partial charge in [-0.3, -0.25) is 10.1 Å². The Hall–Kier alpha value is -2.04. The Morgan fingerprint density at radius 2 is 2.00 bits per heavy atom. The van der Waals surface area contributed by atoms with Crippen molar-refractivity contribution in [3.05, 3.63) is 16.4 Å². The van der Waals surface area contributed by atoms with Gasteiger partial charge in [0.25, 0.3) is 0 Å². The Morgan fingerprint density at radius 3 is 2.42 bits per heavy atom. The summed E-state index contributed by atoms with van der Waals surface area (Å²) in [5.74, 6) is 4.86. The Kier molecular flexibility index (Phi) is 4.92. The third kappa shape index (κ3) is 3.05. The number of aliphatic hydroxyl groups is 2. The Bertz CT molecular complexity index is 442. The number of anilines is 2. The summed E-state index contributed by atoms with van der Waals surface area (Å²) in [5.41, 5.74) is 0.539. The molecule has 19 heavy (non-hydrogen) atoms. The van der Waals surface area contributed by atoms with Crippen molar-refractivity contribution >= 4 is 17.3 Å². The first-order valence-corrected chi connectivity index (χ1v) is 5.49. The van der Waals surface area contributed by atoms with Gasteiger partial charge in [-0.15, -0.1) is 0 Å². The number of hydrazine groups is 1. The molecule has 0 unspecified atom stereocenters. The van der Waals surface area contributed by atoms with Gasteiger partial charge in [0, 0.05) is 0 Å². The molecule has 0 amide bonds. The summed E-state index contributed by atoms with van der Waals surface area (Å²) in [7, 11) is 0. The van der Waals surface area contributed by atoms with Crippen molar-refractivity contribution in [3.8, 4) is 0 Å². The number of hydrogen-bond donors (Lipinski definition) is 5. The van der Waals surface area contributed by atoms with E-state index >= 15 is 0 Å². The van der Waals surface area contributed by atoms with Gasteiger partial charge in [-0.2, -0.15) is 0 Å². The van der Waals surface area contributed by atoms with Gasteiger partial charge in [0.2, 0.25) is 11.6 Å². The van der Waals surface area contributed by atoms with Crippen LogP contribution in [0, 0.1) is 10.1 Å². The molecule has 0 aliphatic heterocycles. The average molecular weight is 272 g/mol. The minimum Gasteiger partial charge on any atom is -0.394 e. The van der Waals surface area contributed by atoms with Crippen molar-refractivity contribution in [3.63, 3.8) is 0 Å². The predicted molar refractivity (Wildman–Crippen MR) is 67.3 cm³/mol. The zero-order chi connectivity index (χ0) is 14.5. The van der Waals surface area contributed by atoms with Crippen LogP contribution in [0.3, 0.4) is 0 Å². The van der Waals surface area contributed by atoms with Gasteiger partial charge in [0.1, 0.15) is 6.33 Å². The lowest BCUT2D eigenvalue weighted by Crippen LogP contribution is -2.45. The van der Waals surface area contributed by atoms with Crippen LogP contribution in [0.15, 0.2) is 6.33 Å². The number of nitrogens with two attached hydrogens (primary N) is 1. The van der Waals surface area contributed by atoms with E-state index in [9.17, 15) is 20.3 Å². The molecule has 0 atom stereocenters. The largest absolute Gasteiger partial charge is 0.394 e. The quantitative estimate of drug-likeness (QED) is 0.243. The third-order valence-electron chi connectivity index (χ3n) is 2.81. The normalized spacial score (nSPS) is 11.2. The van der Waals surface area contributed by atoms with Gasteiger partial charge in [-0.1, -0.05) is 6.92 Å². The van der Waals surface area contributed by atoms with E-state index in [1.165, 1.54) is 0 Å². The van der Waals surface area contributed by atoms with Gasteiger partial charge in [-0.25, -0.2) is 15.8 Å². The summed E-state index contributed by atoms with van der Waals surface area (Å²) in [6.07, 6.45) is 1.42. The summed E-state index contributed by atoms with van der Waals surface area (Å²) in [4.78, 5) is 17.7. The smallest absolute Gasteiger partial charge is 0.354 e. The van der Waals surface area contributed by atoms with Gasteiger partial charge < -0.3 is 21.0 Å². The van der Waals surface area contributed by atoms with Crippen molar-refractivity contribution in [2.45, 2.75) is 18.9 Å². The molecule has 0 spiro atoms. The first kappa shape index (κ1) is 15.0. The molecule has 0 saturated heterocycles. The van der Waals surface area contributed by atoms with Crippen LogP contribution in [0.5, 0.6) is 0 Å². The van der Waals surface area contributed by atoms with E-state index in [4.69, 9.17) is 5.84 Å². The first-order valence-electron chi connectivity index (χ1n) is 5.49. The number of hydrogen-bond acceptors (Lipinski definition) is 9. The molecule has 6 N–H and O–H groups in total. The molecule has 0 aromatic carbocycles. The zero-order valence-electron chi connectivity index (χ0n) is 10.3. The molecule has 1 aromatic rings. The van der Waals surface area contributed by atoms with Crippen molar-refractivity contribution in [2.75, 3.05) is 24.0 Å². The topological polar surface area (TPSA) is 159 Å². The molecule has 0 saturated carbocycles. The number of nitrogens with zero attached hydrogens (tertiary/aromatic N) is 3. The molecular weight excluding hydrogens is 256 g/mol. The van der Waals surface area contributed by atoms with Gasteiger partial charge in [0.05, 0.1) is 23.7 Å². The second-order valence-electron chi connectivity index (χ2n) is 3.90. The number of aromatic nitrogens is 2. The summed E-state index contributed by atoms with van der Waals surface area (Å²) >= 11 is 0. The molecule has 1 aromatic heterocycles. The molecule has 106 valence electrons. The molecule has 0 aliphatic rings. The van der Waals surface area contributed by atoms with Crippen LogP contribution in [0.4, 0.5) is 17.3 Å². The minimum absolute atomic E-state index is 0.127. The number of nitrogen functional groups attached to an aromatic ring is 1. The highest BCUT2D eigenvalue weighted by Gasteiger charge is 2.32. The maximum atomic E-state index is 11.0. The van der Waals surface area contributed by atoms with Gasteiger partial charge in [0.15, 0.2) is 0 Å². The monoisotopic (exact) mass is 272 g/mol. The average Bonchev–Trinajstić information content (AvgIpc) is 2.44. The lowest BCUT2D eigenvalue weighted by molar-refractivity contribution is -0.383. The summed E-state index contributed by atoms with van der Waals surface area (Å²) in [6, 6.07) is 0. The molecule has 10 nitrogen and oxygen atoms in total. The van der Waals surface area contributed by atoms with E-state index < -0.39 is 29.4 Å². The second-order valence-corrected chi connectivity index (χ2v) is 3.90. The van der Waals surface area contributed by atoms with E-state index in [2.05, 4.69) is 20.7 Å². The third-order valence-corrected chi connectivity index (χ3v) is 2.81. The van der Waals surface area contributed by atoms with Crippen molar-refractivity contribution in [1.82, 2.24) is 9.97 Å². The van der Waals surface area contributed by atoms with Crippen molar-refractivity contribution in [2.24, 2.45) is 5.84 Å². The van der Waals surface area contributed by atoms with Crippen LogP contribution >= 0.6 is 0 Å². The maximum absolute atomic E-state index is 11.0. The van der Waals surface area contributed by atoms with Crippen LogP contribution in [0.2, 0.25) is 0 Å². The van der Waals surface area contributed by atoms with Gasteiger partial charge >= 0.3 is 5.69 Å². The van der Waals surface area contributed by atoms with E-state index in [0.717, 1.165) is 6.33 Å². The Morgan fingerprint density at radius 1 is 1.42 bits per heavy atom. The molecule has 1 heterocycles. The molecule has 0 bridgehead atoms. The molecule has 0 aliphatic carbocycles. The van der Waals surface area contributed by atoms with E-state index in [1.54, 1.807) is 6.92 Å². The first-order chi connectivity index (χ1) is 9.03. The van der Waals surface area contributed by atoms with E-state index in [-0.39, 0.29) is 11.6 Å². The van der Waals surface area contributed by atoms with Crippen LogP contribution in [-0.2, 0) is 0 Å². The van der Waals surface area contributed by atoms with Crippen molar-refractivity contribution in [1.29, 1.82) is 0 Å². The Labute approximate surface area is 108 Å². The fraction of sp³-hybridized carbons (Fsp3) is 0.556. The summed E-state index contributed by atoms with van der Waals surface area (Å²) in [5, 5.41) is 32.3. The summed E-state index contributed by atoms with van der Waals surface area (Å²) in [6.45, 7) is 0.896. The second kappa shape index (κ2) is 6.22. The molecular formula is C9H16N6O4. The number of aliphatic hydroxyl groups excluding tert-OH is 2. The number of nitrogens with one attached hydrogen (secondary N) is 2. The lowest BCUT2D eigenvalue weighted by Gasteiger charge is -2.29. The van der Waals surface area contributed by atoms with E-state index in [0.29, 0.717) is 6.42 Å². The number of rotatable bonds is 7. The molecule has 0 fully saturated rings. The molecule has 0 radical (unpaired) electrons. The lowest BCUT2D eigenvalue weighted by atomic mass is 9.98. The highest BCUT2D eigenvalue weighted by atomic mass is 16.6. The zero-order valence-corrected chi connectivity index (χ0v) is 10.3. The predicted octanol–water partition coefficient (Wildman–Crippen LogP) is -0.784. The molecule has 10 heteroatoms. The van der Waals surface area contributed by atoms with Crippen LogP contribution in [-0.4, -0.2) is 43.9 Å². The highest BCUT2D eigenvalue weighted by Crippen LogP contribution is 2.30. The SMILES string of the molecule is CCC(CO)(CO)Nc1ncnc(NN)c1[N+](=O)[O-]. The standard InChI is InChI=1S/C9H16N6O4/c1-2-9(3-16,4-17)13-7-6(15(18)19)8(14-10)12-5-11-7/h5,16-17H,2-4,10H2,1H3,(H2,11,12,13,14). The maximum Gasteiger partial charge on any atom is 0.354 e. The highest BCUT2D eigenvalue weighted by molar-refractivity contribution is 5.69. The van der Waals surface area contributed by atoms with Crippen LogP contribution in [0.25, 0.3) is 0 Å². The molecule has 1 rings (SSSR count). The minimum atomic E-state index is -1.11. The summed E-state index contributed by atoms with van der Waals surface area (Å²) < 4.78 is 0. The Balaban J connectivity index is 3.23. The van der Waals surface area contributed by atoms with Crippen LogP contribution < -0.4 is 16.6 Å².